The summed E-state index contributed by atoms with van der Waals surface area (Å²) in [4.78, 5) is 0. The molecule has 0 aliphatic heterocycles. The number of halogens is 5. The van der Waals surface area contributed by atoms with Gasteiger partial charge in [0.2, 0.25) is 0 Å². The minimum Gasteiger partial charge on any atom is -0.492 e. The molecule has 2 rings (SSSR count). The van der Waals surface area contributed by atoms with Gasteiger partial charge in [0, 0.05) is 11.1 Å². The highest BCUT2D eigenvalue weighted by Gasteiger charge is 2.18. The first kappa shape index (κ1) is 16.7. The average molecular weight is 368 g/mol. The molecule has 0 saturated heterocycles. The first-order valence-corrected chi connectivity index (χ1v) is 7.71. The van der Waals surface area contributed by atoms with Gasteiger partial charge in [0.05, 0.1) is 22.0 Å². The van der Waals surface area contributed by atoms with E-state index in [0.717, 1.165) is 0 Å². The van der Waals surface area contributed by atoms with Gasteiger partial charge in [-0.3, -0.25) is 0 Å². The van der Waals surface area contributed by atoms with Gasteiger partial charge >= 0.3 is 0 Å². The third kappa shape index (κ3) is 3.75. The van der Waals surface area contributed by atoms with Crippen molar-refractivity contribution in [3.63, 3.8) is 0 Å². The van der Waals surface area contributed by atoms with Gasteiger partial charge in [-0.2, -0.15) is 0 Å². The van der Waals surface area contributed by atoms with Gasteiger partial charge in [-0.05, 0) is 36.2 Å². The molecule has 6 heteroatoms. The maximum Gasteiger partial charge on any atom is 0.141 e. The summed E-state index contributed by atoms with van der Waals surface area (Å²) in [5.74, 6) is -0.00553. The summed E-state index contributed by atoms with van der Waals surface area (Å²) < 4.78 is 18.6. The monoisotopic (exact) mass is 366 g/mol. The van der Waals surface area contributed by atoms with Crippen LogP contribution < -0.4 is 4.74 Å². The molecule has 0 radical (unpaired) electrons. The standard InChI is InChI=1S/C15H11Cl4FO/c1-2-21-14-7-10(16)9(6-12(14)18)15(19)8-3-4-13(20)11(17)5-8/h3-7,15H,2H2,1H3. The van der Waals surface area contributed by atoms with Crippen molar-refractivity contribution < 1.29 is 9.13 Å². The minimum absolute atomic E-state index is 0.00584. The van der Waals surface area contributed by atoms with Crippen LogP contribution in [0.15, 0.2) is 30.3 Å². The molecule has 0 bridgehead atoms. The molecule has 0 aliphatic rings. The van der Waals surface area contributed by atoms with Gasteiger partial charge < -0.3 is 4.74 Å². The van der Waals surface area contributed by atoms with E-state index in [0.29, 0.717) is 33.5 Å². The summed E-state index contributed by atoms with van der Waals surface area (Å²) in [7, 11) is 0. The summed E-state index contributed by atoms with van der Waals surface area (Å²) >= 11 is 24.5. The Kier molecular flexibility index (Phi) is 5.61. The van der Waals surface area contributed by atoms with E-state index in [1.807, 2.05) is 6.92 Å². The Bertz CT molecular complexity index is 660. The Hall–Kier alpha value is -0.670. The summed E-state index contributed by atoms with van der Waals surface area (Å²) in [5.41, 5.74) is 1.24. The zero-order valence-electron chi connectivity index (χ0n) is 11.0. The van der Waals surface area contributed by atoms with Gasteiger partial charge in [0.15, 0.2) is 0 Å². The van der Waals surface area contributed by atoms with Crippen LogP contribution in [0.1, 0.15) is 23.4 Å². The third-order valence-electron chi connectivity index (χ3n) is 2.86. The second-order valence-corrected chi connectivity index (χ2v) is 5.93. The highest BCUT2D eigenvalue weighted by Crippen LogP contribution is 2.39. The zero-order chi connectivity index (χ0) is 15.6. The third-order valence-corrected chi connectivity index (χ3v) is 4.26. The predicted octanol–water partition coefficient (Wildman–Crippen LogP) is 6.51. The summed E-state index contributed by atoms with van der Waals surface area (Å²) in [6.07, 6.45) is 0. The summed E-state index contributed by atoms with van der Waals surface area (Å²) in [5, 5.41) is 0.244. The maximum atomic E-state index is 13.2. The van der Waals surface area contributed by atoms with Crippen molar-refractivity contribution in [2.24, 2.45) is 0 Å². The molecule has 1 unspecified atom stereocenters. The van der Waals surface area contributed by atoms with Crippen LogP contribution in [0.25, 0.3) is 0 Å². The van der Waals surface area contributed by atoms with Crippen LogP contribution in [0.4, 0.5) is 4.39 Å². The number of ether oxygens (including phenoxy) is 1. The second kappa shape index (κ2) is 7.06. The van der Waals surface area contributed by atoms with E-state index in [1.54, 1.807) is 18.2 Å². The highest BCUT2D eigenvalue weighted by molar-refractivity contribution is 6.36. The molecule has 2 aromatic rings. The van der Waals surface area contributed by atoms with Gasteiger partial charge in [-0.15, -0.1) is 11.6 Å². The van der Waals surface area contributed by atoms with Crippen LogP contribution >= 0.6 is 46.4 Å². The van der Waals surface area contributed by atoms with E-state index in [4.69, 9.17) is 51.1 Å². The van der Waals surface area contributed by atoms with E-state index in [1.165, 1.54) is 12.1 Å². The Morgan fingerprint density at radius 1 is 1.05 bits per heavy atom. The fourth-order valence-corrected chi connectivity index (χ4v) is 2.90. The molecule has 0 aromatic heterocycles. The van der Waals surface area contributed by atoms with Gasteiger partial charge in [0.25, 0.3) is 0 Å². The van der Waals surface area contributed by atoms with Crippen molar-refractivity contribution in [3.8, 4) is 5.75 Å². The lowest BCUT2D eigenvalue weighted by molar-refractivity contribution is 0.340. The molecule has 0 amide bonds. The first-order chi connectivity index (χ1) is 9.93. The average Bonchev–Trinajstić information content (AvgIpc) is 2.45. The Balaban J connectivity index is 2.40. The molecule has 0 fully saturated rings. The first-order valence-electron chi connectivity index (χ1n) is 6.14. The van der Waals surface area contributed by atoms with Gasteiger partial charge in [0.1, 0.15) is 11.6 Å². The van der Waals surface area contributed by atoms with Gasteiger partial charge in [-0.25, -0.2) is 4.39 Å². The SMILES string of the molecule is CCOc1cc(Cl)c(C(Cl)c2ccc(F)c(Cl)c2)cc1Cl. The molecule has 2 aromatic carbocycles. The number of alkyl halides is 1. The number of benzene rings is 2. The Morgan fingerprint density at radius 3 is 2.38 bits per heavy atom. The molecule has 0 N–H and O–H groups in total. The van der Waals surface area contributed by atoms with Crippen LogP contribution in [0, 0.1) is 5.82 Å². The van der Waals surface area contributed by atoms with Crippen molar-refractivity contribution in [1.82, 2.24) is 0 Å². The predicted molar refractivity (Wildman–Crippen MR) is 86.7 cm³/mol. The highest BCUT2D eigenvalue weighted by atomic mass is 35.5. The Labute approximate surface area is 142 Å². The van der Waals surface area contributed by atoms with E-state index in [-0.39, 0.29) is 5.02 Å². The van der Waals surface area contributed by atoms with E-state index >= 15 is 0 Å². The summed E-state index contributed by atoms with van der Waals surface area (Å²) in [6.45, 7) is 2.33. The number of hydrogen-bond acceptors (Lipinski definition) is 1. The van der Waals surface area contributed by atoms with Crippen molar-refractivity contribution in [3.05, 3.63) is 62.3 Å². The fraction of sp³-hybridized carbons (Fsp3) is 0.200. The minimum atomic E-state index is -0.594. The normalized spacial score (nSPS) is 12.3. The fourth-order valence-electron chi connectivity index (χ4n) is 1.85. The number of hydrogen-bond donors (Lipinski definition) is 0. The summed E-state index contributed by atoms with van der Waals surface area (Å²) in [6, 6.07) is 7.54. The molecule has 0 heterocycles. The zero-order valence-corrected chi connectivity index (χ0v) is 14.0. The van der Waals surface area contributed by atoms with E-state index in [9.17, 15) is 4.39 Å². The Morgan fingerprint density at radius 2 is 1.76 bits per heavy atom. The quantitative estimate of drug-likeness (QED) is 0.559. The largest absolute Gasteiger partial charge is 0.492 e. The molecular formula is C15H11Cl4FO. The molecule has 1 atom stereocenters. The van der Waals surface area contributed by atoms with Crippen molar-refractivity contribution in [2.45, 2.75) is 12.3 Å². The lowest BCUT2D eigenvalue weighted by Crippen LogP contribution is -1.98. The van der Waals surface area contributed by atoms with Crippen molar-refractivity contribution in [2.75, 3.05) is 6.61 Å². The smallest absolute Gasteiger partial charge is 0.141 e. The maximum absolute atomic E-state index is 13.2. The lowest BCUT2D eigenvalue weighted by atomic mass is 10.0. The lowest BCUT2D eigenvalue weighted by Gasteiger charge is -2.15. The molecular weight excluding hydrogens is 357 g/mol. The van der Waals surface area contributed by atoms with Crippen LogP contribution in [-0.2, 0) is 0 Å². The van der Waals surface area contributed by atoms with Crippen LogP contribution in [-0.4, -0.2) is 6.61 Å². The van der Waals surface area contributed by atoms with E-state index < -0.39 is 11.2 Å². The molecule has 0 saturated carbocycles. The molecule has 21 heavy (non-hydrogen) atoms. The molecule has 0 spiro atoms. The second-order valence-electron chi connectivity index (χ2n) is 4.27. The van der Waals surface area contributed by atoms with Crippen LogP contribution in [0.2, 0.25) is 15.1 Å². The topological polar surface area (TPSA) is 9.23 Å². The van der Waals surface area contributed by atoms with Crippen molar-refractivity contribution >= 4 is 46.4 Å². The molecule has 112 valence electrons. The molecule has 1 nitrogen and oxygen atoms in total. The van der Waals surface area contributed by atoms with Crippen LogP contribution in [0.3, 0.4) is 0 Å². The van der Waals surface area contributed by atoms with Crippen LogP contribution in [0.5, 0.6) is 5.75 Å². The molecule has 0 aliphatic carbocycles. The number of rotatable bonds is 4. The van der Waals surface area contributed by atoms with Gasteiger partial charge in [-0.1, -0.05) is 40.9 Å². The van der Waals surface area contributed by atoms with Crippen molar-refractivity contribution in [1.29, 1.82) is 0 Å². The van der Waals surface area contributed by atoms with E-state index in [2.05, 4.69) is 0 Å².